The Morgan fingerprint density at radius 2 is 2.31 bits per heavy atom. The molecule has 0 aromatic carbocycles. The molecule has 86 valence electrons. The van der Waals surface area contributed by atoms with Crippen molar-refractivity contribution < 1.29 is 4.79 Å². The molecule has 0 spiro atoms. The van der Waals surface area contributed by atoms with Crippen LogP contribution in [-0.2, 0) is 0 Å². The van der Waals surface area contributed by atoms with Crippen molar-refractivity contribution in [1.82, 2.24) is 15.2 Å². The summed E-state index contributed by atoms with van der Waals surface area (Å²) >= 11 is 5.90. The molecule has 0 atom stereocenters. The quantitative estimate of drug-likeness (QED) is 0.749. The Morgan fingerprint density at radius 1 is 1.44 bits per heavy atom. The summed E-state index contributed by atoms with van der Waals surface area (Å²) in [6.07, 6.45) is 2.56. The van der Waals surface area contributed by atoms with Crippen molar-refractivity contribution in [3.63, 3.8) is 0 Å². The maximum absolute atomic E-state index is 12.1. The Bertz CT molecular complexity index is 375. The molecule has 16 heavy (non-hydrogen) atoms. The molecule has 4 nitrogen and oxygen atoms in total. The van der Waals surface area contributed by atoms with Gasteiger partial charge in [0.2, 0.25) is 0 Å². The average Bonchev–Trinajstić information content (AvgIpc) is 2.57. The predicted octanol–water partition coefficient (Wildman–Crippen LogP) is 1.17. The minimum absolute atomic E-state index is 0.0261. The Labute approximate surface area is 99.6 Å². The van der Waals surface area contributed by atoms with Gasteiger partial charge < -0.3 is 10.2 Å². The van der Waals surface area contributed by atoms with E-state index in [2.05, 4.69) is 10.3 Å². The van der Waals surface area contributed by atoms with E-state index < -0.39 is 0 Å². The lowest BCUT2D eigenvalue weighted by atomic mass is 10.2. The second-order valence-corrected chi connectivity index (χ2v) is 4.10. The van der Waals surface area contributed by atoms with Gasteiger partial charge in [-0.25, -0.2) is 4.98 Å². The summed E-state index contributed by atoms with van der Waals surface area (Å²) in [7, 11) is 0. The van der Waals surface area contributed by atoms with Gasteiger partial charge in [0.15, 0.2) is 0 Å². The van der Waals surface area contributed by atoms with Gasteiger partial charge in [0.1, 0.15) is 5.15 Å². The number of nitrogens with zero attached hydrogens (tertiary/aromatic N) is 2. The van der Waals surface area contributed by atoms with E-state index in [-0.39, 0.29) is 11.1 Å². The van der Waals surface area contributed by atoms with Crippen molar-refractivity contribution in [2.24, 2.45) is 0 Å². The monoisotopic (exact) mass is 239 g/mol. The molecule has 1 fully saturated rings. The third kappa shape index (κ3) is 2.51. The topological polar surface area (TPSA) is 45.2 Å². The highest BCUT2D eigenvalue weighted by molar-refractivity contribution is 6.32. The van der Waals surface area contributed by atoms with Gasteiger partial charge in [-0.2, -0.15) is 0 Å². The highest BCUT2D eigenvalue weighted by atomic mass is 35.5. The summed E-state index contributed by atoms with van der Waals surface area (Å²) in [5, 5.41) is 3.54. The van der Waals surface area contributed by atoms with E-state index in [1.165, 1.54) is 0 Å². The molecule has 5 heteroatoms. The number of hydrogen-bond donors (Lipinski definition) is 1. The normalized spacial score (nSPS) is 16.9. The van der Waals surface area contributed by atoms with Crippen LogP contribution < -0.4 is 5.32 Å². The first-order valence-electron chi connectivity index (χ1n) is 5.39. The van der Waals surface area contributed by atoms with Gasteiger partial charge in [-0.1, -0.05) is 11.6 Å². The molecule has 1 saturated heterocycles. The molecule has 0 saturated carbocycles. The molecule has 1 N–H and O–H groups in total. The summed E-state index contributed by atoms with van der Waals surface area (Å²) in [5.74, 6) is -0.0261. The van der Waals surface area contributed by atoms with Crippen LogP contribution in [0.4, 0.5) is 0 Å². The first-order valence-corrected chi connectivity index (χ1v) is 5.77. The van der Waals surface area contributed by atoms with Crippen LogP contribution in [0.2, 0.25) is 5.15 Å². The summed E-state index contributed by atoms with van der Waals surface area (Å²) in [6, 6.07) is 3.45. The lowest BCUT2D eigenvalue weighted by Crippen LogP contribution is -2.34. The molecule has 0 aliphatic carbocycles. The largest absolute Gasteiger partial charge is 0.337 e. The van der Waals surface area contributed by atoms with Crippen LogP contribution in [0.25, 0.3) is 0 Å². The second-order valence-electron chi connectivity index (χ2n) is 3.74. The van der Waals surface area contributed by atoms with E-state index in [1.807, 2.05) is 4.90 Å². The molecule has 1 aromatic heterocycles. The molecule has 2 rings (SSSR count). The van der Waals surface area contributed by atoms with E-state index >= 15 is 0 Å². The van der Waals surface area contributed by atoms with E-state index in [4.69, 9.17) is 11.6 Å². The van der Waals surface area contributed by atoms with Crippen LogP contribution in [0.3, 0.4) is 0 Å². The number of aromatic nitrogens is 1. The molecule has 1 aromatic rings. The van der Waals surface area contributed by atoms with Gasteiger partial charge in [-0.3, -0.25) is 4.79 Å². The van der Waals surface area contributed by atoms with Crippen molar-refractivity contribution in [1.29, 1.82) is 0 Å². The Balaban J connectivity index is 2.14. The molecule has 0 unspecified atom stereocenters. The number of rotatable bonds is 1. The number of hydrogen-bond acceptors (Lipinski definition) is 3. The third-order valence-electron chi connectivity index (χ3n) is 2.62. The Morgan fingerprint density at radius 3 is 3.12 bits per heavy atom. The summed E-state index contributed by atoms with van der Waals surface area (Å²) < 4.78 is 0. The summed E-state index contributed by atoms with van der Waals surface area (Å²) in [6.45, 7) is 3.30. The number of nitrogens with one attached hydrogen (secondary N) is 1. The number of carbonyl (C=O) groups is 1. The van der Waals surface area contributed by atoms with Gasteiger partial charge in [-0.15, -0.1) is 0 Å². The molecular weight excluding hydrogens is 226 g/mol. The van der Waals surface area contributed by atoms with E-state index in [9.17, 15) is 4.79 Å². The van der Waals surface area contributed by atoms with Crippen LogP contribution in [-0.4, -0.2) is 42.0 Å². The number of carbonyl (C=O) groups excluding carboxylic acids is 1. The summed E-state index contributed by atoms with van der Waals surface area (Å²) in [4.78, 5) is 17.9. The van der Waals surface area contributed by atoms with Crippen LogP contribution in [0.1, 0.15) is 16.8 Å². The number of pyridine rings is 1. The second kappa shape index (κ2) is 5.27. The lowest BCUT2D eigenvalue weighted by molar-refractivity contribution is 0.0766. The fourth-order valence-corrected chi connectivity index (χ4v) is 1.96. The van der Waals surface area contributed by atoms with Crippen molar-refractivity contribution in [2.45, 2.75) is 6.42 Å². The highest BCUT2D eigenvalue weighted by Crippen LogP contribution is 2.14. The zero-order chi connectivity index (χ0) is 11.4. The van der Waals surface area contributed by atoms with Crippen LogP contribution in [0, 0.1) is 0 Å². The zero-order valence-corrected chi connectivity index (χ0v) is 9.70. The minimum Gasteiger partial charge on any atom is -0.337 e. The first kappa shape index (κ1) is 11.4. The fraction of sp³-hybridized carbons (Fsp3) is 0.455. The molecule has 1 amide bonds. The lowest BCUT2D eigenvalue weighted by Gasteiger charge is -2.20. The van der Waals surface area contributed by atoms with Gasteiger partial charge in [0.25, 0.3) is 5.91 Å². The Hall–Kier alpha value is -1.13. The van der Waals surface area contributed by atoms with E-state index in [1.54, 1.807) is 18.3 Å². The fourth-order valence-electron chi connectivity index (χ4n) is 1.76. The third-order valence-corrected chi connectivity index (χ3v) is 2.92. The maximum atomic E-state index is 12.1. The Kier molecular flexibility index (Phi) is 3.74. The average molecular weight is 240 g/mol. The van der Waals surface area contributed by atoms with Crippen LogP contribution in [0.15, 0.2) is 18.3 Å². The van der Waals surface area contributed by atoms with Crippen molar-refractivity contribution >= 4 is 17.5 Å². The van der Waals surface area contributed by atoms with Crippen molar-refractivity contribution in [2.75, 3.05) is 26.2 Å². The molecule has 1 aliphatic rings. The SMILES string of the molecule is O=C(c1cccnc1Cl)N1CCCNCC1. The highest BCUT2D eigenvalue weighted by Gasteiger charge is 2.19. The predicted molar refractivity (Wildman–Crippen MR) is 62.6 cm³/mol. The summed E-state index contributed by atoms with van der Waals surface area (Å²) in [5.41, 5.74) is 0.492. The maximum Gasteiger partial charge on any atom is 0.257 e. The smallest absolute Gasteiger partial charge is 0.257 e. The molecule has 0 bridgehead atoms. The number of amides is 1. The van der Waals surface area contributed by atoms with Gasteiger partial charge >= 0.3 is 0 Å². The van der Waals surface area contributed by atoms with Crippen LogP contribution in [0.5, 0.6) is 0 Å². The van der Waals surface area contributed by atoms with Gasteiger partial charge in [0, 0.05) is 25.8 Å². The minimum atomic E-state index is -0.0261. The van der Waals surface area contributed by atoms with Crippen molar-refractivity contribution in [3.05, 3.63) is 29.0 Å². The van der Waals surface area contributed by atoms with Crippen LogP contribution >= 0.6 is 11.6 Å². The molecule has 1 aliphatic heterocycles. The molecule has 0 radical (unpaired) electrons. The van der Waals surface area contributed by atoms with E-state index in [0.717, 1.165) is 32.6 Å². The molecule has 2 heterocycles. The molecular formula is C11H14ClN3O. The zero-order valence-electron chi connectivity index (χ0n) is 8.95. The van der Waals surface area contributed by atoms with Gasteiger partial charge in [0.05, 0.1) is 5.56 Å². The number of halogens is 1. The van der Waals surface area contributed by atoms with E-state index in [0.29, 0.717) is 5.56 Å². The standard InChI is InChI=1S/C11H14ClN3O/c12-10-9(3-1-5-14-10)11(16)15-7-2-4-13-6-8-15/h1,3,5,13H,2,4,6-8H2. The first-order chi connectivity index (χ1) is 7.79. The van der Waals surface area contributed by atoms with Gasteiger partial charge in [-0.05, 0) is 25.1 Å². The van der Waals surface area contributed by atoms with Crippen molar-refractivity contribution in [3.8, 4) is 0 Å².